The zero-order valence-electron chi connectivity index (χ0n) is 11.8. The van der Waals surface area contributed by atoms with Crippen molar-refractivity contribution in [1.29, 1.82) is 0 Å². The molecule has 0 saturated carbocycles. The van der Waals surface area contributed by atoms with Gasteiger partial charge in [0.05, 0.1) is 12.6 Å². The molecule has 0 fully saturated rings. The van der Waals surface area contributed by atoms with Crippen LogP contribution in [-0.2, 0) is 4.79 Å². The normalized spacial score (nSPS) is 11.9. The number of carbonyl (C=O) groups is 1. The summed E-state index contributed by atoms with van der Waals surface area (Å²) in [6, 6.07) is 9.19. The third kappa shape index (κ3) is 5.75. The van der Waals surface area contributed by atoms with Crippen LogP contribution in [0.5, 0.6) is 5.75 Å². The van der Waals surface area contributed by atoms with E-state index >= 15 is 0 Å². The topological polar surface area (TPSA) is 55.6 Å². The van der Waals surface area contributed by atoms with Gasteiger partial charge in [0, 0.05) is 7.05 Å². The Bertz CT molecular complexity index is 368. The highest BCUT2D eigenvalue weighted by atomic mass is 16.5. The second kappa shape index (κ2) is 8.53. The number of nitrogens with two attached hydrogens (primary N) is 1. The number of hydrogen-bond acceptors (Lipinski definition) is 3. The van der Waals surface area contributed by atoms with E-state index in [1.165, 1.54) is 0 Å². The molecule has 19 heavy (non-hydrogen) atoms. The Balaban J connectivity index is 2.26. The van der Waals surface area contributed by atoms with E-state index in [9.17, 15) is 4.79 Å². The van der Waals surface area contributed by atoms with E-state index in [0.29, 0.717) is 13.2 Å². The molecule has 0 spiro atoms. The summed E-state index contributed by atoms with van der Waals surface area (Å²) in [5.74, 6) is 0.809. The molecule has 1 aromatic carbocycles. The molecular weight excluding hydrogens is 240 g/mol. The van der Waals surface area contributed by atoms with Crippen molar-refractivity contribution in [3.05, 3.63) is 30.3 Å². The van der Waals surface area contributed by atoms with E-state index in [1.807, 2.05) is 30.3 Å². The number of rotatable bonds is 8. The number of nitrogens with zero attached hydrogens (tertiary/aromatic N) is 1. The van der Waals surface area contributed by atoms with Crippen molar-refractivity contribution < 1.29 is 9.53 Å². The quantitative estimate of drug-likeness (QED) is 0.781. The minimum absolute atomic E-state index is 0.00916. The average Bonchev–Trinajstić information content (AvgIpc) is 2.44. The highest BCUT2D eigenvalue weighted by molar-refractivity contribution is 5.81. The fourth-order valence-electron chi connectivity index (χ4n) is 1.76. The lowest BCUT2D eigenvalue weighted by Crippen LogP contribution is -2.43. The number of likely N-dealkylation sites (N-methyl/N-ethyl adjacent to an activating group) is 1. The van der Waals surface area contributed by atoms with Crippen molar-refractivity contribution in [2.75, 3.05) is 20.2 Å². The predicted molar refractivity (Wildman–Crippen MR) is 77.1 cm³/mol. The first-order valence-electron chi connectivity index (χ1n) is 6.83. The van der Waals surface area contributed by atoms with Gasteiger partial charge in [0.15, 0.2) is 0 Å². The van der Waals surface area contributed by atoms with Crippen LogP contribution in [-0.4, -0.2) is 37.0 Å². The molecule has 0 bridgehead atoms. The van der Waals surface area contributed by atoms with Gasteiger partial charge in [0.25, 0.3) is 0 Å². The summed E-state index contributed by atoms with van der Waals surface area (Å²) in [6.07, 6.45) is 2.79. The first-order valence-corrected chi connectivity index (χ1v) is 6.83. The predicted octanol–water partition coefficient (Wildman–Crippen LogP) is 2.04. The Labute approximate surface area is 115 Å². The molecule has 0 aliphatic heterocycles. The number of unbranched alkanes of at least 4 members (excludes halogenated alkanes) is 1. The highest BCUT2D eigenvalue weighted by Gasteiger charge is 2.16. The maximum atomic E-state index is 11.9. The minimum atomic E-state index is -0.387. The number of carbonyl (C=O) groups excluding carboxylic acids is 1. The van der Waals surface area contributed by atoms with Crippen molar-refractivity contribution in [2.45, 2.75) is 32.2 Å². The Morgan fingerprint density at radius 3 is 2.68 bits per heavy atom. The molecular formula is C15H24N2O2. The lowest BCUT2D eigenvalue weighted by Gasteiger charge is -2.21. The Morgan fingerprint density at radius 2 is 2.05 bits per heavy atom. The third-order valence-corrected chi connectivity index (χ3v) is 3.00. The van der Waals surface area contributed by atoms with Crippen molar-refractivity contribution in [1.82, 2.24) is 4.90 Å². The third-order valence-electron chi connectivity index (χ3n) is 3.00. The van der Waals surface area contributed by atoms with Crippen LogP contribution in [0.4, 0.5) is 0 Å². The lowest BCUT2D eigenvalue weighted by atomic mass is 10.1. The maximum Gasteiger partial charge on any atom is 0.239 e. The largest absolute Gasteiger partial charge is 0.492 e. The molecule has 0 heterocycles. The van der Waals surface area contributed by atoms with Crippen LogP contribution in [0.3, 0.4) is 0 Å². The molecule has 0 aliphatic carbocycles. The van der Waals surface area contributed by atoms with Crippen molar-refractivity contribution in [3.8, 4) is 5.75 Å². The molecule has 1 rings (SSSR count). The van der Waals surface area contributed by atoms with Crippen LogP contribution in [0.15, 0.2) is 30.3 Å². The fraction of sp³-hybridized carbons (Fsp3) is 0.533. The van der Waals surface area contributed by atoms with E-state index < -0.39 is 0 Å². The van der Waals surface area contributed by atoms with E-state index in [-0.39, 0.29) is 11.9 Å². The van der Waals surface area contributed by atoms with Crippen molar-refractivity contribution >= 4 is 5.91 Å². The Morgan fingerprint density at radius 1 is 1.37 bits per heavy atom. The fourth-order valence-corrected chi connectivity index (χ4v) is 1.76. The van der Waals surface area contributed by atoms with Crippen molar-refractivity contribution in [3.63, 3.8) is 0 Å². The van der Waals surface area contributed by atoms with Gasteiger partial charge in [0.1, 0.15) is 12.4 Å². The summed E-state index contributed by atoms with van der Waals surface area (Å²) in [6.45, 7) is 3.12. The SMILES string of the molecule is CCCCC(N)C(=O)N(C)CCOc1ccccc1. The standard InChI is InChI=1S/C15H24N2O2/c1-3-4-10-14(16)15(18)17(2)11-12-19-13-8-6-5-7-9-13/h5-9,14H,3-4,10-12,16H2,1-2H3. The summed E-state index contributed by atoms with van der Waals surface area (Å²) >= 11 is 0. The molecule has 0 aliphatic rings. The van der Waals surface area contributed by atoms with Crippen LogP contribution in [0.25, 0.3) is 0 Å². The van der Waals surface area contributed by atoms with Crippen LogP contribution in [0, 0.1) is 0 Å². The number of benzene rings is 1. The summed E-state index contributed by atoms with van der Waals surface area (Å²) in [7, 11) is 1.77. The molecule has 4 heteroatoms. The average molecular weight is 264 g/mol. The number of para-hydroxylation sites is 1. The van der Waals surface area contributed by atoms with Gasteiger partial charge >= 0.3 is 0 Å². The van der Waals surface area contributed by atoms with E-state index in [0.717, 1.165) is 25.0 Å². The summed E-state index contributed by atoms with van der Waals surface area (Å²) in [5, 5.41) is 0. The van der Waals surface area contributed by atoms with Gasteiger partial charge in [-0.3, -0.25) is 4.79 Å². The Kier molecular flexibility index (Phi) is 6.97. The van der Waals surface area contributed by atoms with Gasteiger partial charge in [-0.05, 0) is 18.6 Å². The molecule has 106 valence electrons. The zero-order chi connectivity index (χ0) is 14.1. The van der Waals surface area contributed by atoms with Crippen LogP contribution in [0.2, 0.25) is 0 Å². The molecule has 4 nitrogen and oxygen atoms in total. The molecule has 0 saturated heterocycles. The van der Waals surface area contributed by atoms with Gasteiger partial charge in [0.2, 0.25) is 5.91 Å². The molecule has 2 N–H and O–H groups in total. The van der Waals surface area contributed by atoms with Gasteiger partial charge in [-0.25, -0.2) is 0 Å². The molecule has 1 amide bonds. The van der Waals surface area contributed by atoms with Crippen LogP contribution >= 0.6 is 0 Å². The molecule has 1 atom stereocenters. The second-order valence-electron chi connectivity index (χ2n) is 4.67. The smallest absolute Gasteiger partial charge is 0.239 e. The number of ether oxygens (including phenoxy) is 1. The molecule has 0 aromatic heterocycles. The minimum Gasteiger partial charge on any atom is -0.492 e. The highest BCUT2D eigenvalue weighted by Crippen LogP contribution is 2.08. The van der Waals surface area contributed by atoms with Crippen molar-refractivity contribution in [2.24, 2.45) is 5.73 Å². The number of hydrogen-bond donors (Lipinski definition) is 1. The second-order valence-corrected chi connectivity index (χ2v) is 4.67. The van der Waals surface area contributed by atoms with Gasteiger partial charge in [-0.15, -0.1) is 0 Å². The summed E-state index contributed by atoms with van der Waals surface area (Å²) in [5.41, 5.74) is 5.86. The van der Waals surface area contributed by atoms with Gasteiger partial charge in [-0.2, -0.15) is 0 Å². The monoisotopic (exact) mass is 264 g/mol. The first-order chi connectivity index (χ1) is 9.15. The zero-order valence-corrected chi connectivity index (χ0v) is 11.8. The summed E-state index contributed by atoms with van der Waals surface area (Å²) < 4.78 is 5.55. The van der Waals surface area contributed by atoms with Gasteiger partial charge < -0.3 is 15.4 Å². The first kappa shape index (κ1) is 15.5. The van der Waals surface area contributed by atoms with E-state index in [1.54, 1.807) is 11.9 Å². The number of amides is 1. The van der Waals surface area contributed by atoms with E-state index in [2.05, 4.69) is 6.92 Å². The molecule has 0 radical (unpaired) electrons. The van der Waals surface area contributed by atoms with E-state index in [4.69, 9.17) is 10.5 Å². The van der Waals surface area contributed by atoms with Gasteiger partial charge in [-0.1, -0.05) is 38.0 Å². The maximum absolute atomic E-state index is 11.9. The lowest BCUT2D eigenvalue weighted by molar-refractivity contribution is -0.131. The summed E-state index contributed by atoms with van der Waals surface area (Å²) in [4.78, 5) is 13.6. The Hall–Kier alpha value is -1.55. The van der Waals surface area contributed by atoms with Crippen LogP contribution < -0.4 is 10.5 Å². The molecule has 1 unspecified atom stereocenters. The molecule has 1 aromatic rings. The van der Waals surface area contributed by atoms with Crippen LogP contribution in [0.1, 0.15) is 26.2 Å².